The third-order valence-corrected chi connectivity index (χ3v) is 4.87. The highest BCUT2D eigenvalue weighted by molar-refractivity contribution is 5.80. The van der Waals surface area contributed by atoms with E-state index in [0.29, 0.717) is 36.7 Å². The number of pyridine rings is 1. The monoisotopic (exact) mass is 359 g/mol. The molecule has 1 aromatic rings. The zero-order valence-corrected chi connectivity index (χ0v) is 15.6. The van der Waals surface area contributed by atoms with Gasteiger partial charge in [-0.15, -0.1) is 0 Å². The van der Waals surface area contributed by atoms with Gasteiger partial charge in [0.15, 0.2) is 6.61 Å². The zero-order valence-electron chi connectivity index (χ0n) is 15.6. The molecule has 0 spiro atoms. The van der Waals surface area contributed by atoms with Gasteiger partial charge < -0.3 is 14.6 Å². The van der Waals surface area contributed by atoms with Crippen LogP contribution in [0.2, 0.25) is 0 Å². The molecule has 1 aliphatic rings. The summed E-state index contributed by atoms with van der Waals surface area (Å²) in [5.74, 6) is -0.149. The van der Waals surface area contributed by atoms with E-state index in [0.717, 1.165) is 18.4 Å². The third kappa shape index (κ3) is 4.72. The van der Waals surface area contributed by atoms with Crippen LogP contribution in [0.25, 0.3) is 0 Å². The molecular formula is C19H25N3O4. The molecule has 26 heavy (non-hydrogen) atoms. The quantitative estimate of drug-likeness (QED) is 0.804. The molecule has 2 heterocycles. The summed E-state index contributed by atoms with van der Waals surface area (Å²) >= 11 is 0. The van der Waals surface area contributed by atoms with E-state index >= 15 is 0 Å². The number of nitriles is 1. The molecule has 0 bridgehead atoms. The fourth-order valence-electron chi connectivity index (χ4n) is 3.37. The maximum absolute atomic E-state index is 12.1. The molecule has 1 fully saturated rings. The summed E-state index contributed by atoms with van der Waals surface area (Å²) in [6, 6.07) is 1.89. The van der Waals surface area contributed by atoms with Crippen LogP contribution in [0.1, 0.15) is 48.6 Å². The lowest BCUT2D eigenvalue weighted by molar-refractivity contribution is -0.152. The summed E-state index contributed by atoms with van der Waals surface area (Å²) in [4.78, 5) is 40.2. The number of nitrogens with zero attached hydrogens (tertiary/aromatic N) is 2. The van der Waals surface area contributed by atoms with Gasteiger partial charge in [0.05, 0.1) is 0 Å². The minimum absolute atomic E-state index is 0.0633. The minimum Gasteiger partial charge on any atom is -0.456 e. The molecule has 140 valence electrons. The summed E-state index contributed by atoms with van der Waals surface area (Å²) < 4.78 is 5.11. The second-order valence-electron chi connectivity index (χ2n) is 6.92. The average Bonchev–Trinajstić information content (AvgIpc) is 2.59. The van der Waals surface area contributed by atoms with E-state index in [4.69, 9.17) is 10.00 Å². The highest BCUT2D eigenvalue weighted by Crippen LogP contribution is 2.16. The van der Waals surface area contributed by atoms with Crippen LogP contribution < -0.4 is 5.56 Å². The molecule has 2 rings (SSSR count). The number of rotatable bonds is 5. The number of amides is 1. The molecule has 7 heteroatoms. The fraction of sp³-hybridized carbons (Fsp3) is 0.579. The van der Waals surface area contributed by atoms with Crippen molar-refractivity contribution >= 4 is 11.9 Å². The average molecular weight is 359 g/mol. The van der Waals surface area contributed by atoms with Crippen LogP contribution in [-0.2, 0) is 20.7 Å². The van der Waals surface area contributed by atoms with Crippen LogP contribution in [0.4, 0.5) is 0 Å². The number of nitrogens with one attached hydrogen (secondary N) is 1. The Morgan fingerprint density at radius 3 is 2.77 bits per heavy atom. The Balaban J connectivity index is 1.89. The molecule has 1 atom stereocenters. The predicted molar refractivity (Wildman–Crippen MR) is 95.5 cm³/mol. The molecule has 1 aromatic heterocycles. The Hall–Kier alpha value is -2.62. The van der Waals surface area contributed by atoms with Gasteiger partial charge in [0.25, 0.3) is 11.5 Å². The molecule has 1 aliphatic heterocycles. The number of esters is 1. The van der Waals surface area contributed by atoms with Crippen molar-refractivity contribution in [3.05, 3.63) is 32.7 Å². The maximum Gasteiger partial charge on any atom is 0.306 e. The van der Waals surface area contributed by atoms with Crippen molar-refractivity contribution in [2.24, 2.45) is 5.92 Å². The van der Waals surface area contributed by atoms with E-state index in [9.17, 15) is 14.4 Å². The summed E-state index contributed by atoms with van der Waals surface area (Å²) in [5, 5.41) is 9.08. The normalized spacial score (nSPS) is 16.8. The number of hydrogen-bond donors (Lipinski definition) is 1. The number of carbonyl (C=O) groups excluding carboxylic acids is 2. The van der Waals surface area contributed by atoms with Crippen molar-refractivity contribution in [2.75, 3.05) is 19.7 Å². The largest absolute Gasteiger partial charge is 0.456 e. The Bertz CT molecular complexity index is 791. The van der Waals surface area contributed by atoms with Crippen LogP contribution in [0.15, 0.2) is 4.79 Å². The summed E-state index contributed by atoms with van der Waals surface area (Å²) in [6.07, 6.45) is 2.53. The highest BCUT2D eigenvalue weighted by atomic mass is 16.5. The van der Waals surface area contributed by atoms with Crippen molar-refractivity contribution in [1.29, 1.82) is 5.26 Å². The molecule has 0 aliphatic carbocycles. The number of likely N-dealkylation sites (tertiary alicyclic amines) is 1. The van der Waals surface area contributed by atoms with Crippen LogP contribution in [0.3, 0.4) is 0 Å². The van der Waals surface area contributed by atoms with Gasteiger partial charge in [-0.05, 0) is 50.2 Å². The highest BCUT2D eigenvalue weighted by Gasteiger charge is 2.22. The van der Waals surface area contributed by atoms with Crippen molar-refractivity contribution < 1.29 is 14.3 Å². The maximum atomic E-state index is 12.1. The van der Waals surface area contributed by atoms with Gasteiger partial charge in [0, 0.05) is 25.2 Å². The van der Waals surface area contributed by atoms with Crippen LogP contribution in [0.5, 0.6) is 0 Å². The zero-order chi connectivity index (χ0) is 19.3. The summed E-state index contributed by atoms with van der Waals surface area (Å²) in [6.45, 7) is 6.73. The van der Waals surface area contributed by atoms with E-state index in [1.54, 1.807) is 18.7 Å². The molecule has 1 amide bonds. The number of aryl methyl sites for hydroxylation is 1. The Kier molecular flexibility index (Phi) is 6.56. The predicted octanol–water partition coefficient (Wildman–Crippen LogP) is 1.60. The Labute approximate surface area is 153 Å². The van der Waals surface area contributed by atoms with Gasteiger partial charge in [-0.25, -0.2) is 0 Å². The first-order valence-corrected chi connectivity index (χ1v) is 8.89. The first kappa shape index (κ1) is 19.7. The number of aromatic amines is 1. The van der Waals surface area contributed by atoms with Crippen molar-refractivity contribution in [3.8, 4) is 6.07 Å². The second-order valence-corrected chi connectivity index (χ2v) is 6.92. The minimum atomic E-state index is -0.466. The van der Waals surface area contributed by atoms with E-state index in [2.05, 4.69) is 11.9 Å². The smallest absolute Gasteiger partial charge is 0.306 e. The standard InChI is InChI=1S/C19H25N3O4/c1-12-5-4-8-22(10-12)17(23)11-26-18(24)7-6-15-13(2)16(9-20)19(25)21-14(15)3/h12H,4-8,10-11H2,1-3H3,(H,21,25)/t12-/m0/s1. The van der Waals surface area contributed by atoms with Gasteiger partial charge in [-0.1, -0.05) is 6.92 Å². The van der Waals surface area contributed by atoms with E-state index in [-0.39, 0.29) is 24.5 Å². The van der Waals surface area contributed by atoms with E-state index in [1.165, 1.54) is 0 Å². The SMILES string of the molecule is Cc1[nH]c(=O)c(C#N)c(C)c1CCC(=O)OCC(=O)N1CCC[C@H](C)C1. The second kappa shape index (κ2) is 8.65. The third-order valence-electron chi connectivity index (χ3n) is 4.87. The first-order chi connectivity index (χ1) is 12.3. The van der Waals surface area contributed by atoms with Crippen LogP contribution >= 0.6 is 0 Å². The van der Waals surface area contributed by atoms with E-state index in [1.807, 2.05) is 6.07 Å². The van der Waals surface area contributed by atoms with Crippen LogP contribution in [0, 0.1) is 31.1 Å². The molecule has 0 aromatic carbocycles. The number of ether oxygens (including phenoxy) is 1. The van der Waals surface area contributed by atoms with Gasteiger partial charge in [-0.3, -0.25) is 14.4 Å². The lowest BCUT2D eigenvalue weighted by Gasteiger charge is -2.30. The van der Waals surface area contributed by atoms with E-state index < -0.39 is 11.5 Å². The number of H-pyrrole nitrogens is 1. The van der Waals surface area contributed by atoms with Gasteiger partial charge in [-0.2, -0.15) is 5.26 Å². The lowest BCUT2D eigenvalue weighted by atomic mass is 9.99. The number of aromatic nitrogens is 1. The van der Waals surface area contributed by atoms with Gasteiger partial charge in [0.2, 0.25) is 0 Å². The van der Waals surface area contributed by atoms with Crippen molar-refractivity contribution in [2.45, 2.75) is 46.5 Å². The number of piperidine rings is 1. The Morgan fingerprint density at radius 2 is 2.12 bits per heavy atom. The fourth-order valence-corrected chi connectivity index (χ4v) is 3.37. The van der Waals surface area contributed by atoms with Gasteiger partial charge in [0.1, 0.15) is 11.6 Å². The molecule has 0 unspecified atom stereocenters. The first-order valence-electron chi connectivity index (χ1n) is 8.89. The molecule has 1 N–H and O–H groups in total. The Morgan fingerprint density at radius 1 is 1.38 bits per heavy atom. The van der Waals surface area contributed by atoms with Crippen molar-refractivity contribution in [1.82, 2.24) is 9.88 Å². The molecule has 1 saturated heterocycles. The van der Waals surface area contributed by atoms with Crippen molar-refractivity contribution in [3.63, 3.8) is 0 Å². The van der Waals surface area contributed by atoms with Crippen LogP contribution in [-0.4, -0.2) is 41.5 Å². The lowest BCUT2D eigenvalue weighted by Crippen LogP contribution is -2.41. The number of carbonyl (C=O) groups is 2. The number of hydrogen-bond acceptors (Lipinski definition) is 5. The van der Waals surface area contributed by atoms with Gasteiger partial charge >= 0.3 is 5.97 Å². The molecule has 0 saturated carbocycles. The molecular weight excluding hydrogens is 334 g/mol. The summed E-state index contributed by atoms with van der Waals surface area (Å²) in [5.41, 5.74) is 1.62. The molecule has 0 radical (unpaired) electrons. The topological polar surface area (TPSA) is 103 Å². The molecule has 7 nitrogen and oxygen atoms in total. The summed E-state index contributed by atoms with van der Waals surface area (Å²) in [7, 11) is 0.